The third-order valence-electron chi connectivity index (χ3n) is 3.64. The summed E-state index contributed by atoms with van der Waals surface area (Å²) in [5.74, 6) is -0.651. The van der Waals surface area contributed by atoms with Gasteiger partial charge in [-0.3, -0.25) is 14.5 Å². The van der Waals surface area contributed by atoms with E-state index >= 15 is 0 Å². The van der Waals surface area contributed by atoms with Gasteiger partial charge < -0.3 is 5.32 Å². The lowest BCUT2D eigenvalue weighted by molar-refractivity contribution is -0.134. The number of nitrogens with one attached hydrogen (secondary N) is 1. The maximum Gasteiger partial charge on any atom is 0.250 e. The van der Waals surface area contributed by atoms with Crippen molar-refractivity contribution in [3.8, 4) is 0 Å². The van der Waals surface area contributed by atoms with E-state index in [1.165, 1.54) is 17.0 Å². The number of halogens is 2. The summed E-state index contributed by atoms with van der Waals surface area (Å²) >= 11 is 1.99. The van der Waals surface area contributed by atoms with Gasteiger partial charge in [-0.1, -0.05) is 20.8 Å². The van der Waals surface area contributed by atoms with Crippen LogP contribution >= 0.6 is 22.6 Å². The molecule has 0 spiro atoms. The monoisotopic (exact) mass is 404 g/mol. The van der Waals surface area contributed by atoms with E-state index in [1.54, 1.807) is 6.07 Å². The van der Waals surface area contributed by atoms with Gasteiger partial charge in [0, 0.05) is 3.57 Å². The average molecular weight is 404 g/mol. The summed E-state index contributed by atoms with van der Waals surface area (Å²) in [6, 6.07) is 3.15. The van der Waals surface area contributed by atoms with Crippen molar-refractivity contribution in [2.45, 2.75) is 39.3 Å². The van der Waals surface area contributed by atoms with Crippen molar-refractivity contribution in [1.29, 1.82) is 0 Å². The molecule has 1 fully saturated rings. The molecule has 0 radical (unpaired) electrons. The quantitative estimate of drug-likeness (QED) is 0.788. The predicted molar refractivity (Wildman–Crippen MR) is 87.5 cm³/mol. The van der Waals surface area contributed by atoms with Crippen LogP contribution in [0, 0.1) is 15.3 Å². The second-order valence-corrected chi connectivity index (χ2v) is 6.62. The van der Waals surface area contributed by atoms with Crippen molar-refractivity contribution in [1.82, 2.24) is 5.32 Å². The summed E-state index contributed by atoms with van der Waals surface area (Å²) in [5.41, 5.74) is 0.592. The Bertz CT molecular complexity index is 577. The zero-order valence-electron chi connectivity index (χ0n) is 12.2. The molecule has 114 valence electrons. The minimum Gasteiger partial charge on any atom is -0.342 e. The van der Waals surface area contributed by atoms with E-state index in [2.05, 4.69) is 5.32 Å². The smallest absolute Gasteiger partial charge is 0.250 e. The number of carbonyl (C=O) groups is 2. The number of carbonyl (C=O) groups excluding carboxylic acids is 2. The number of nitrogens with zero attached hydrogens (tertiary/aromatic N) is 1. The van der Waals surface area contributed by atoms with E-state index in [1.807, 2.05) is 43.4 Å². The minimum atomic E-state index is -0.550. The Kier molecular flexibility index (Phi) is 4.85. The van der Waals surface area contributed by atoms with Crippen molar-refractivity contribution < 1.29 is 14.0 Å². The van der Waals surface area contributed by atoms with Crippen LogP contribution in [0.5, 0.6) is 0 Å². The summed E-state index contributed by atoms with van der Waals surface area (Å²) < 4.78 is 13.9. The zero-order valence-corrected chi connectivity index (χ0v) is 14.3. The number of hydrogen-bond donors (Lipinski definition) is 1. The Morgan fingerprint density at radius 1 is 1.38 bits per heavy atom. The molecule has 1 aromatic carbocycles. The third-order valence-corrected chi connectivity index (χ3v) is 4.50. The molecule has 21 heavy (non-hydrogen) atoms. The van der Waals surface area contributed by atoms with Crippen molar-refractivity contribution in [2.75, 3.05) is 4.90 Å². The molecule has 1 aliphatic rings. The summed E-state index contributed by atoms with van der Waals surface area (Å²) in [6.45, 7) is 5.64. The lowest BCUT2D eigenvalue weighted by Crippen LogP contribution is -2.65. The highest BCUT2D eigenvalue weighted by atomic mass is 127. The average Bonchev–Trinajstić information content (AvgIpc) is 2.41. The highest BCUT2D eigenvalue weighted by Gasteiger charge is 2.42. The Balaban J connectivity index is 2.49. The van der Waals surface area contributed by atoms with Crippen LogP contribution in [-0.4, -0.2) is 23.9 Å². The van der Waals surface area contributed by atoms with Crippen LogP contribution in [0.25, 0.3) is 0 Å². The van der Waals surface area contributed by atoms with Gasteiger partial charge in [-0.15, -0.1) is 0 Å². The Morgan fingerprint density at radius 3 is 2.57 bits per heavy atom. The van der Waals surface area contributed by atoms with E-state index in [-0.39, 0.29) is 23.5 Å². The van der Waals surface area contributed by atoms with E-state index in [4.69, 9.17) is 0 Å². The van der Waals surface area contributed by atoms with Crippen LogP contribution in [0.15, 0.2) is 18.2 Å². The van der Waals surface area contributed by atoms with Gasteiger partial charge in [0.1, 0.15) is 17.9 Å². The number of anilines is 1. The fourth-order valence-electron chi connectivity index (χ4n) is 2.51. The number of hydrogen-bond acceptors (Lipinski definition) is 2. The normalized spacial score (nSPS) is 22.7. The fourth-order valence-corrected chi connectivity index (χ4v) is 3.25. The van der Waals surface area contributed by atoms with Crippen LogP contribution in [0.4, 0.5) is 10.1 Å². The molecule has 1 saturated heterocycles. The second-order valence-electron chi connectivity index (χ2n) is 5.46. The molecule has 0 bridgehead atoms. The minimum absolute atomic E-state index is 0.000124. The molecule has 1 aliphatic heterocycles. The first kappa shape index (κ1) is 16.2. The lowest BCUT2D eigenvalue weighted by atomic mass is 9.96. The molecule has 2 rings (SSSR count). The van der Waals surface area contributed by atoms with Crippen LogP contribution in [-0.2, 0) is 9.59 Å². The van der Waals surface area contributed by atoms with Gasteiger partial charge in [0.25, 0.3) is 5.91 Å². The van der Waals surface area contributed by atoms with Crippen LogP contribution in [0.3, 0.4) is 0 Å². The van der Waals surface area contributed by atoms with Crippen LogP contribution < -0.4 is 10.2 Å². The molecule has 2 atom stereocenters. The molecular weight excluding hydrogens is 386 g/mol. The largest absolute Gasteiger partial charge is 0.342 e. The van der Waals surface area contributed by atoms with E-state index in [0.717, 1.165) is 0 Å². The summed E-state index contributed by atoms with van der Waals surface area (Å²) in [6.07, 6.45) is 0.510. The van der Waals surface area contributed by atoms with E-state index in [0.29, 0.717) is 15.7 Å². The van der Waals surface area contributed by atoms with Crippen molar-refractivity contribution >= 4 is 40.1 Å². The van der Waals surface area contributed by atoms with Gasteiger partial charge in [0.05, 0.1) is 5.69 Å². The van der Waals surface area contributed by atoms with Crippen molar-refractivity contribution in [3.05, 3.63) is 27.6 Å². The van der Waals surface area contributed by atoms with Gasteiger partial charge >= 0.3 is 0 Å². The molecule has 0 aromatic heterocycles. The molecular formula is C15H18FIN2O2. The first-order valence-corrected chi connectivity index (χ1v) is 8.03. The first-order chi connectivity index (χ1) is 9.86. The zero-order chi connectivity index (χ0) is 15.7. The SMILES string of the molecule is CCC1C(=O)NC(C(C)C)C(=O)N1c1ccc(F)cc1I. The Morgan fingerprint density at radius 2 is 2.05 bits per heavy atom. The second kappa shape index (κ2) is 6.29. The van der Waals surface area contributed by atoms with Gasteiger partial charge in [-0.2, -0.15) is 0 Å². The van der Waals surface area contributed by atoms with Gasteiger partial charge in [0.15, 0.2) is 0 Å². The first-order valence-electron chi connectivity index (χ1n) is 6.95. The Hall–Kier alpha value is -1.18. The molecule has 1 heterocycles. The lowest BCUT2D eigenvalue weighted by Gasteiger charge is -2.40. The summed E-state index contributed by atoms with van der Waals surface area (Å²) in [4.78, 5) is 26.5. The summed E-state index contributed by atoms with van der Waals surface area (Å²) in [7, 11) is 0. The van der Waals surface area contributed by atoms with Crippen molar-refractivity contribution in [3.63, 3.8) is 0 Å². The fraction of sp³-hybridized carbons (Fsp3) is 0.467. The Labute approximate surface area is 137 Å². The number of piperazine rings is 1. The molecule has 1 N–H and O–H groups in total. The maximum absolute atomic E-state index is 13.3. The number of rotatable bonds is 3. The van der Waals surface area contributed by atoms with Gasteiger partial charge in [-0.25, -0.2) is 4.39 Å². The molecule has 6 heteroatoms. The highest BCUT2D eigenvalue weighted by molar-refractivity contribution is 14.1. The molecule has 0 aliphatic carbocycles. The van der Waals surface area contributed by atoms with E-state index < -0.39 is 12.1 Å². The van der Waals surface area contributed by atoms with Crippen LogP contribution in [0.1, 0.15) is 27.2 Å². The van der Waals surface area contributed by atoms with Crippen LogP contribution in [0.2, 0.25) is 0 Å². The summed E-state index contributed by atoms with van der Waals surface area (Å²) in [5, 5.41) is 2.79. The van der Waals surface area contributed by atoms with Gasteiger partial charge in [-0.05, 0) is 53.1 Å². The maximum atomic E-state index is 13.3. The number of amides is 2. The van der Waals surface area contributed by atoms with Gasteiger partial charge in [0.2, 0.25) is 5.91 Å². The molecule has 2 unspecified atom stereocenters. The standard InChI is InChI=1S/C15H18FIN2O2/c1-4-11-14(20)18-13(8(2)3)15(21)19(11)12-6-5-9(16)7-10(12)17/h5-8,11,13H,4H2,1-3H3,(H,18,20). The van der Waals surface area contributed by atoms with Crippen molar-refractivity contribution in [2.24, 2.45) is 5.92 Å². The molecule has 2 amide bonds. The molecule has 4 nitrogen and oxygen atoms in total. The molecule has 1 aromatic rings. The van der Waals surface area contributed by atoms with E-state index in [9.17, 15) is 14.0 Å². The predicted octanol–water partition coefficient (Wildman–Crippen LogP) is 2.70. The third kappa shape index (κ3) is 3.04. The molecule has 0 saturated carbocycles. The highest BCUT2D eigenvalue weighted by Crippen LogP contribution is 2.29. The topological polar surface area (TPSA) is 49.4 Å². The number of benzene rings is 1.